The van der Waals surface area contributed by atoms with Crippen molar-refractivity contribution in [1.82, 2.24) is 9.80 Å². The Balaban J connectivity index is 0.000000355. The minimum atomic E-state index is -0.927. The van der Waals surface area contributed by atoms with Gasteiger partial charge >= 0.3 is 41.5 Å². The first-order chi connectivity index (χ1) is 31.5. The zero-order chi connectivity index (χ0) is 49.5. The third-order valence-corrected chi connectivity index (χ3v) is 15.3. The Morgan fingerprint density at radius 1 is 0.652 bits per heavy atom. The van der Waals surface area contributed by atoms with Gasteiger partial charge in [-0.05, 0) is 147 Å². The molecule has 0 unspecified atom stereocenters. The number of ether oxygens (including phenoxy) is 1. The number of aromatic carboxylic acids is 1. The maximum Gasteiger partial charge on any atom is 1.00 e. The predicted octanol–water partition coefficient (Wildman–Crippen LogP) is 10.7. The number of nitrogens with zero attached hydrogens (tertiary/aromatic N) is 4. The summed E-state index contributed by atoms with van der Waals surface area (Å²) in [6, 6.07) is 14.6. The standard InChI is InChI=1S/C29H44N2O3.C28H42N2O3.Na.H2O/c1-8-9-10-25(21-11-13-22(14-12-21)27(33)34-7)31-26(32)24(19-20(2)3)30-29(31)17-15-23(16-18-29)28(4,5)6;1-7-8-9-24(20-10-12-21(13-11-20)26(32)33)30-25(31)23(18-19(2)3)29-28(30)16-14-22(15-17-28)27(4,5)6;;/h11-14,20,23,25H,8-10,15-19H2,1-7H3;10-13,19,22,24H,7-9,14-18H2,1-6H3,(H,32,33);;1H2/q;;+1;/p-1/t23?,25-,29?;22?,24-,28?;;/m11../s1. The second-order valence-corrected chi connectivity index (χ2v) is 23.3. The molecule has 0 aromatic heterocycles. The second-order valence-electron chi connectivity index (χ2n) is 23.3. The summed E-state index contributed by atoms with van der Waals surface area (Å²) in [6.45, 7) is 26.9. The summed E-state index contributed by atoms with van der Waals surface area (Å²) in [5.74, 6) is 0.971. The van der Waals surface area contributed by atoms with Crippen molar-refractivity contribution < 1.29 is 64.1 Å². The van der Waals surface area contributed by atoms with Gasteiger partial charge in [-0.25, -0.2) is 9.59 Å². The summed E-state index contributed by atoms with van der Waals surface area (Å²) in [4.78, 5) is 65.8. The van der Waals surface area contributed by atoms with Crippen LogP contribution in [0.5, 0.6) is 0 Å². The van der Waals surface area contributed by atoms with Crippen LogP contribution in [0.15, 0.2) is 58.5 Å². The Kier molecular flexibility index (Phi) is 22.0. The molecule has 0 bridgehead atoms. The van der Waals surface area contributed by atoms with Crippen LogP contribution >= 0.6 is 0 Å². The Morgan fingerprint density at radius 3 is 1.26 bits per heavy atom. The van der Waals surface area contributed by atoms with E-state index in [1.807, 2.05) is 36.4 Å². The van der Waals surface area contributed by atoms with Crippen molar-refractivity contribution >= 4 is 35.2 Å². The van der Waals surface area contributed by atoms with E-state index in [1.165, 1.54) is 7.11 Å². The molecule has 2 aliphatic carbocycles. The summed E-state index contributed by atoms with van der Waals surface area (Å²) in [7, 11) is 1.40. The van der Waals surface area contributed by atoms with Crippen LogP contribution in [0.2, 0.25) is 0 Å². The molecular formula is C57H87N4NaO7. The maximum atomic E-state index is 13.9. The van der Waals surface area contributed by atoms with Crippen LogP contribution in [0.3, 0.4) is 0 Å². The van der Waals surface area contributed by atoms with Gasteiger partial charge in [0.25, 0.3) is 11.8 Å². The van der Waals surface area contributed by atoms with Gasteiger partial charge in [0, 0.05) is 0 Å². The molecule has 2 amide bonds. The van der Waals surface area contributed by atoms with Gasteiger partial charge in [-0.2, -0.15) is 0 Å². The molecule has 2 heterocycles. The average molecular weight is 963 g/mol. The molecule has 2 saturated carbocycles. The van der Waals surface area contributed by atoms with Crippen LogP contribution in [-0.2, 0) is 14.3 Å². The first-order valence-corrected chi connectivity index (χ1v) is 25.9. The number of rotatable bonds is 16. The van der Waals surface area contributed by atoms with Gasteiger partial charge in [0.1, 0.15) is 22.7 Å². The molecule has 11 nitrogen and oxygen atoms in total. The number of amides is 2. The van der Waals surface area contributed by atoms with E-state index in [-0.39, 0.29) is 81.3 Å². The van der Waals surface area contributed by atoms with Crippen molar-refractivity contribution in [3.05, 3.63) is 70.8 Å². The minimum absolute atomic E-state index is 0. The summed E-state index contributed by atoms with van der Waals surface area (Å²) >= 11 is 0. The Morgan fingerprint density at radius 2 is 0.986 bits per heavy atom. The van der Waals surface area contributed by atoms with Crippen molar-refractivity contribution in [3.8, 4) is 0 Å². The Bertz CT molecular complexity index is 2070. The molecule has 12 heteroatoms. The van der Waals surface area contributed by atoms with Gasteiger partial charge < -0.3 is 25.1 Å². The predicted molar refractivity (Wildman–Crippen MR) is 273 cm³/mol. The van der Waals surface area contributed by atoms with E-state index in [9.17, 15) is 24.3 Å². The molecule has 0 saturated heterocycles. The molecule has 6 rings (SSSR count). The fourth-order valence-corrected chi connectivity index (χ4v) is 11.4. The number of hydrogen-bond donors (Lipinski definition) is 1. The molecule has 2 N–H and O–H groups in total. The van der Waals surface area contributed by atoms with Crippen molar-refractivity contribution in [3.63, 3.8) is 0 Å². The molecule has 2 spiro atoms. The van der Waals surface area contributed by atoms with E-state index in [0.717, 1.165) is 119 Å². The third-order valence-electron chi connectivity index (χ3n) is 15.3. The van der Waals surface area contributed by atoms with Crippen LogP contribution in [0.25, 0.3) is 0 Å². The van der Waals surface area contributed by atoms with E-state index in [2.05, 4.69) is 92.9 Å². The molecule has 2 fully saturated rings. The monoisotopic (exact) mass is 963 g/mol. The molecule has 2 aromatic rings. The van der Waals surface area contributed by atoms with Crippen LogP contribution in [0, 0.1) is 34.5 Å². The molecule has 2 atom stereocenters. The van der Waals surface area contributed by atoms with Gasteiger partial charge in [0.2, 0.25) is 0 Å². The first kappa shape index (κ1) is 59.9. The number of methoxy groups -OCH3 is 1. The molecule has 378 valence electrons. The number of aliphatic imine (C=N–C) groups is 2. The van der Waals surface area contributed by atoms with E-state index in [1.54, 1.807) is 12.1 Å². The number of carboxylic acid groups (broad SMARTS) is 1. The van der Waals surface area contributed by atoms with Crippen molar-refractivity contribution in [2.75, 3.05) is 7.11 Å². The largest absolute Gasteiger partial charge is 1.00 e. The molecule has 2 aliphatic heterocycles. The summed E-state index contributed by atoms with van der Waals surface area (Å²) in [5.41, 5.74) is 3.99. The van der Waals surface area contributed by atoms with Crippen molar-refractivity contribution in [1.29, 1.82) is 0 Å². The first-order valence-electron chi connectivity index (χ1n) is 25.9. The molecule has 2 aromatic carbocycles. The number of carbonyl (C=O) groups excluding carboxylic acids is 3. The van der Waals surface area contributed by atoms with Crippen molar-refractivity contribution in [2.24, 2.45) is 44.5 Å². The number of unbranched alkanes of at least 4 members (excludes halogenated alkanes) is 2. The SMILES string of the molecule is CCCC[C@H](c1ccc(C(=O)O)cc1)N1C(=O)C(CC(C)C)=NC12CCC(C(C)(C)C)CC2.CCCC[C@H](c1ccc(C(=O)OC)cc1)N1C(=O)C(CC(C)C)=NC12CCC(C(C)(C)C)CC2.[Na+].[OH-]. The fraction of sp³-hybridized carbons (Fsp3) is 0.684. The zero-order valence-corrected chi connectivity index (χ0v) is 47.1. The van der Waals surface area contributed by atoms with Gasteiger partial charge in [-0.15, -0.1) is 0 Å². The fourth-order valence-electron chi connectivity index (χ4n) is 11.4. The molecule has 69 heavy (non-hydrogen) atoms. The Labute approximate surface area is 438 Å². The normalized spacial score (nSPS) is 23.5. The summed E-state index contributed by atoms with van der Waals surface area (Å²) < 4.78 is 4.88. The van der Waals surface area contributed by atoms with Gasteiger partial charge in [-0.1, -0.05) is 133 Å². The van der Waals surface area contributed by atoms with Gasteiger partial charge in [0.05, 0.1) is 30.3 Å². The molecular weight excluding hydrogens is 876 g/mol. The second kappa shape index (κ2) is 25.3. The maximum absolute atomic E-state index is 13.9. The van der Waals surface area contributed by atoms with Gasteiger partial charge in [0.15, 0.2) is 0 Å². The van der Waals surface area contributed by atoms with Crippen molar-refractivity contribution in [2.45, 2.75) is 209 Å². The van der Waals surface area contributed by atoms with E-state index in [4.69, 9.17) is 14.7 Å². The minimum Gasteiger partial charge on any atom is -0.870 e. The summed E-state index contributed by atoms with van der Waals surface area (Å²) in [6.07, 6.45) is 15.3. The van der Waals surface area contributed by atoms with Crippen LogP contribution < -0.4 is 29.6 Å². The summed E-state index contributed by atoms with van der Waals surface area (Å²) in [5, 5.41) is 9.33. The number of benzene rings is 2. The smallest absolute Gasteiger partial charge is 0.870 e. The number of carboxylic acids is 1. The third kappa shape index (κ3) is 14.4. The topological polar surface area (TPSA) is 159 Å². The number of esters is 1. The number of hydrogen-bond acceptors (Lipinski definition) is 8. The van der Waals surface area contributed by atoms with Crippen LogP contribution in [0.1, 0.15) is 230 Å². The Hall–Kier alpha value is -3.38. The van der Waals surface area contributed by atoms with Crippen LogP contribution in [-0.4, -0.2) is 74.0 Å². The van der Waals surface area contributed by atoms with E-state index >= 15 is 0 Å². The average Bonchev–Trinajstić information content (AvgIpc) is 3.67. The quantitative estimate of drug-likeness (QED) is 0.129. The molecule has 0 radical (unpaired) electrons. The van der Waals surface area contributed by atoms with E-state index in [0.29, 0.717) is 35.7 Å². The van der Waals surface area contributed by atoms with Gasteiger partial charge in [-0.3, -0.25) is 19.6 Å². The van der Waals surface area contributed by atoms with Crippen LogP contribution in [0.4, 0.5) is 0 Å². The molecule has 4 aliphatic rings. The van der Waals surface area contributed by atoms with E-state index < -0.39 is 17.3 Å². The number of carbonyl (C=O) groups is 4. The zero-order valence-electron chi connectivity index (χ0n) is 45.1.